The summed E-state index contributed by atoms with van der Waals surface area (Å²) in [5.74, 6) is 0.308. The van der Waals surface area contributed by atoms with Crippen molar-refractivity contribution in [1.29, 1.82) is 0 Å². The molecule has 0 unspecified atom stereocenters. The van der Waals surface area contributed by atoms with Crippen molar-refractivity contribution in [1.82, 2.24) is 0 Å². The zero-order valence-corrected chi connectivity index (χ0v) is 11.8. The lowest BCUT2D eigenvalue weighted by atomic mass is 10.3. The lowest BCUT2D eigenvalue weighted by Crippen LogP contribution is -2.19. The van der Waals surface area contributed by atoms with Gasteiger partial charge >= 0.3 is 0 Å². The first-order valence-corrected chi connectivity index (χ1v) is 8.39. The van der Waals surface area contributed by atoms with Gasteiger partial charge in [0.15, 0.2) is 0 Å². The van der Waals surface area contributed by atoms with Crippen molar-refractivity contribution in [2.24, 2.45) is 0 Å². The number of carbonyl (C=O) groups is 1. The fourth-order valence-electron chi connectivity index (χ4n) is 1.35. The molecule has 17 heavy (non-hydrogen) atoms. The molecular formula is C9H9BrN2O3S2. The smallest absolute Gasteiger partial charge is 0.242 e. The SMILES string of the molecule is O=C1CSc2ccc(NS(=O)(=O)CBr)cc2N1. The number of amides is 1. The van der Waals surface area contributed by atoms with Crippen LogP contribution in [0.2, 0.25) is 0 Å². The normalized spacial score (nSPS) is 15.0. The molecule has 5 nitrogen and oxygen atoms in total. The van der Waals surface area contributed by atoms with E-state index in [-0.39, 0.29) is 10.6 Å². The third-order valence-electron chi connectivity index (χ3n) is 2.03. The summed E-state index contributed by atoms with van der Waals surface area (Å²) in [6, 6.07) is 5.06. The van der Waals surface area contributed by atoms with Crippen molar-refractivity contribution in [2.45, 2.75) is 4.90 Å². The molecule has 1 aliphatic heterocycles. The first-order valence-electron chi connectivity index (χ1n) is 4.63. The minimum absolute atomic E-state index is 0.0806. The van der Waals surface area contributed by atoms with Crippen LogP contribution in [0.4, 0.5) is 11.4 Å². The number of thioether (sulfide) groups is 1. The van der Waals surface area contributed by atoms with Gasteiger partial charge in [0.1, 0.15) is 4.66 Å². The molecule has 92 valence electrons. The Hall–Kier alpha value is -0.730. The minimum atomic E-state index is -3.37. The number of alkyl halides is 1. The number of rotatable bonds is 3. The second-order valence-electron chi connectivity index (χ2n) is 3.37. The number of sulfonamides is 1. The number of anilines is 2. The fraction of sp³-hybridized carbons (Fsp3) is 0.222. The highest BCUT2D eigenvalue weighted by Crippen LogP contribution is 2.33. The average Bonchev–Trinajstić information content (AvgIpc) is 2.28. The predicted molar refractivity (Wildman–Crippen MR) is 72.1 cm³/mol. The average molecular weight is 337 g/mol. The number of carbonyl (C=O) groups excluding carboxylic acids is 1. The molecule has 2 N–H and O–H groups in total. The molecule has 0 saturated carbocycles. The Morgan fingerprint density at radius 3 is 2.94 bits per heavy atom. The van der Waals surface area contributed by atoms with Crippen LogP contribution in [0.25, 0.3) is 0 Å². The van der Waals surface area contributed by atoms with Crippen LogP contribution in [-0.2, 0) is 14.8 Å². The Morgan fingerprint density at radius 2 is 2.24 bits per heavy atom. The van der Waals surface area contributed by atoms with Gasteiger partial charge in [-0.15, -0.1) is 11.8 Å². The monoisotopic (exact) mass is 336 g/mol. The van der Waals surface area contributed by atoms with E-state index in [9.17, 15) is 13.2 Å². The third-order valence-corrected chi connectivity index (χ3v) is 5.75. The Morgan fingerprint density at radius 1 is 1.47 bits per heavy atom. The van der Waals surface area contributed by atoms with E-state index < -0.39 is 10.0 Å². The maximum Gasteiger partial charge on any atom is 0.242 e. The third kappa shape index (κ3) is 3.14. The number of hydrogen-bond acceptors (Lipinski definition) is 4. The van der Waals surface area contributed by atoms with Crippen molar-refractivity contribution < 1.29 is 13.2 Å². The summed E-state index contributed by atoms with van der Waals surface area (Å²) in [7, 11) is -3.37. The van der Waals surface area contributed by atoms with Gasteiger partial charge in [0, 0.05) is 4.90 Å². The molecule has 0 spiro atoms. The lowest BCUT2D eigenvalue weighted by Gasteiger charge is -2.17. The minimum Gasteiger partial charge on any atom is -0.324 e. The summed E-state index contributed by atoms with van der Waals surface area (Å²) in [4.78, 5) is 12.1. The van der Waals surface area contributed by atoms with E-state index in [4.69, 9.17) is 0 Å². The van der Waals surface area contributed by atoms with E-state index in [0.717, 1.165) is 4.90 Å². The molecule has 0 aromatic heterocycles. The summed E-state index contributed by atoms with van der Waals surface area (Å²) in [5, 5.41) is 2.70. The highest BCUT2D eigenvalue weighted by molar-refractivity contribution is 9.10. The molecule has 8 heteroatoms. The Balaban J connectivity index is 2.27. The molecule has 0 bridgehead atoms. The Labute approximate surface area is 112 Å². The molecule has 0 saturated heterocycles. The van der Waals surface area contributed by atoms with Crippen molar-refractivity contribution >= 4 is 55.0 Å². The summed E-state index contributed by atoms with van der Waals surface area (Å²) >= 11 is 4.32. The van der Waals surface area contributed by atoms with E-state index in [1.165, 1.54) is 11.8 Å². The van der Waals surface area contributed by atoms with Crippen molar-refractivity contribution in [2.75, 3.05) is 20.5 Å². The zero-order valence-electron chi connectivity index (χ0n) is 8.57. The van der Waals surface area contributed by atoms with Gasteiger partial charge in [-0.2, -0.15) is 0 Å². The van der Waals surface area contributed by atoms with Gasteiger partial charge < -0.3 is 5.32 Å². The molecule has 1 amide bonds. The van der Waals surface area contributed by atoms with Gasteiger partial charge in [-0.05, 0) is 18.2 Å². The molecule has 0 radical (unpaired) electrons. The largest absolute Gasteiger partial charge is 0.324 e. The van der Waals surface area contributed by atoms with Gasteiger partial charge in [-0.25, -0.2) is 8.42 Å². The zero-order chi connectivity index (χ0) is 12.5. The highest BCUT2D eigenvalue weighted by atomic mass is 79.9. The van der Waals surface area contributed by atoms with Crippen LogP contribution in [0.1, 0.15) is 0 Å². The predicted octanol–water partition coefficient (Wildman–Crippen LogP) is 1.82. The maximum absolute atomic E-state index is 11.4. The second-order valence-corrected chi connectivity index (χ2v) is 7.42. The number of benzene rings is 1. The summed E-state index contributed by atoms with van der Waals surface area (Å²) < 4.78 is 24.9. The number of hydrogen-bond donors (Lipinski definition) is 2. The Kier molecular flexibility index (Phi) is 3.64. The molecule has 0 aliphatic carbocycles. The Bertz CT molecular complexity index is 559. The van der Waals surface area contributed by atoms with Gasteiger partial charge in [-0.3, -0.25) is 9.52 Å². The molecule has 0 fully saturated rings. The van der Waals surface area contributed by atoms with Crippen LogP contribution in [-0.4, -0.2) is 24.7 Å². The van der Waals surface area contributed by atoms with Crippen LogP contribution >= 0.6 is 27.7 Å². The number of halogens is 1. The number of fused-ring (bicyclic) bond motifs is 1. The highest BCUT2D eigenvalue weighted by Gasteiger charge is 2.16. The van der Waals surface area contributed by atoms with Gasteiger partial charge in [0.2, 0.25) is 15.9 Å². The van der Waals surface area contributed by atoms with Crippen LogP contribution in [0.3, 0.4) is 0 Å². The van der Waals surface area contributed by atoms with E-state index in [2.05, 4.69) is 26.0 Å². The molecule has 1 aromatic carbocycles. The first kappa shape index (κ1) is 12.7. The molecular weight excluding hydrogens is 328 g/mol. The molecule has 1 heterocycles. The molecule has 1 aliphatic rings. The van der Waals surface area contributed by atoms with Crippen LogP contribution in [0.15, 0.2) is 23.1 Å². The number of nitrogens with one attached hydrogen (secondary N) is 2. The van der Waals surface area contributed by atoms with Crippen molar-refractivity contribution in [3.63, 3.8) is 0 Å². The first-order chi connectivity index (χ1) is 8.00. The lowest BCUT2D eigenvalue weighted by molar-refractivity contribution is -0.113. The van der Waals surface area contributed by atoms with E-state index >= 15 is 0 Å². The van der Waals surface area contributed by atoms with Gasteiger partial charge in [-0.1, -0.05) is 15.9 Å². The second kappa shape index (κ2) is 4.87. The summed E-state index contributed by atoms with van der Waals surface area (Å²) in [6.45, 7) is 0. The molecule has 0 atom stereocenters. The van der Waals surface area contributed by atoms with E-state index in [1.807, 2.05) is 0 Å². The molecule has 2 rings (SSSR count). The van der Waals surface area contributed by atoms with E-state index in [1.54, 1.807) is 18.2 Å². The quantitative estimate of drug-likeness (QED) is 0.825. The van der Waals surface area contributed by atoms with Gasteiger partial charge in [0.05, 0.1) is 17.1 Å². The van der Waals surface area contributed by atoms with Crippen LogP contribution in [0.5, 0.6) is 0 Å². The summed E-state index contributed by atoms with van der Waals surface area (Å²) in [6.07, 6.45) is 0. The van der Waals surface area contributed by atoms with E-state index in [0.29, 0.717) is 17.1 Å². The van der Waals surface area contributed by atoms with Crippen LogP contribution < -0.4 is 10.0 Å². The standard InChI is InChI=1S/C9H9BrN2O3S2/c10-5-17(14,15)12-6-1-2-8-7(3-6)11-9(13)4-16-8/h1-3,12H,4-5H2,(H,11,13). The van der Waals surface area contributed by atoms with Crippen molar-refractivity contribution in [3.8, 4) is 0 Å². The maximum atomic E-state index is 11.4. The van der Waals surface area contributed by atoms with Crippen molar-refractivity contribution in [3.05, 3.63) is 18.2 Å². The van der Waals surface area contributed by atoms with Gasteiger partial charge in [0.25, 0.3) is 0 Å². The molecule has 1 aromatic rings. The fourth-order valence-corrected chi connectivity index (χ4v) is 3.03. The summed E-state index contributed by atoms with van der Waals surface area (Å²) in [5.41, 5.74) is 1.08. The topological polar surface area (TPSA) is 75.3 Å². The van der Waals surface area contributed by atoms with Crippen LogP contribution in [0, 0.1) is 0 Å².